The zero-order chi connectivity index (χ0) is 33.2. The van der Waals surface area contributed by atoms with E-state index in [1.165, 1.54) is 6.92 Å². The maximum absolute atomic E-state index is 14.0. The van der Waals surface area contributed by atoms with Gasteiger partial charge in [-0.1, -0.05) is 51.5 Å². The molecule has 2 bridgehead atoms. The number of aliphatic hydroxyl groups is 2. The Balaban J connectivity index is 1.78. The van der Waals surface area contributed by atoms with E-state index in [2.05, 4.69) is 49.6 Å². The molecule has 1 aromatic carbocycles. The molecule has 0 aromatic heterocycles. The van der Waals surface area contributed by atoms with Crippen molar-refractivity contribution < 1.29 is 38.5 Å². The highest BCUT2D eigenvalue weighted by Gasteiger charge is 2.75. The van der Waals surface area contributed by atoms with Gasteiger partial charge in [0.05, 0.1) is 43.9 Å². The summed E-state index contributed by atoms with van der Waals surface area (Å²) in [6.07, 6.45) is -2.80. The maximum atomic E-state index is 14.0. The third-order valence-corrected chi connectivity index (χ3v) is 33.3. The van der Waals surface area contributed by atoms with Crippen molar-refractivity contribution in [2.45, 2.75) is 90.5 Å². The number of carbonyl (C=O) groups is 2. The smallest absolute Gasteiger partial charge is 0.338 e. The third kappa shape index (κ3) is 6.32. The van der Waals surface area contributed by atoms with Gasteiger partial charge in [-0.15, -0.1) is 35.7 Å². The first-order chi connectivity index (χ1) is 21.0. The molecule has 45 heavy (non-hydrogen) atoms. The van der Waals surface area contributed by atoms with Crippen LogP contribution in [0.4, 0.5) is 0 Å². The fraction of sp³-hybridized carbons (Fsp3) is 0.667. The van der Waals surface area contributed by atoms with Crippen LogP contribution in [0.15, 0.2) is 41.5 Å². The van der Waals surface area contributed by atoms with Crippen LogP contribution in [-0.4, -0.2) is 64.9 Å². The molecule has 5 rings (SSSR count). The van der Waals surface area contributed by atoms with Gasteiger partial charge in [-0.05, 0) is 50.4 Å². The standard InChI is InChI=1S/C30H47O8P7/c1-15-20(32)12-19-24(36-27(34)18-10-8-7-9-11-18)25-29(6,26(33)16(2)23(15)28(19,4)5)21(38-43(44(39)40)45(41)42)13-22-30(25,14-35-22)37-17(3)31/h7-11,16,19-22,24-26,32-33H,12-14,39-42H2,1-6H3/t16-,19?,20?,21+,22-,24-,25+,26-,29-,30+/m1/s1. The summed E-state index contributed by atoms with van der Waals surface area (Å²) < 4.78 is 26.3. The number of hydrogen-bond donors (Lipinski definition) is 2. The minimum atomic E-state index is -1.15. The molecule has 1 aromatic rings. The van der Waals surface area contributed by atoms with Gasteiger partial charge in [0.25, 0.3) is 0 Å². The van der Waals surface area contributed by atoms with Crippen LogP contribution in [0, 0.1) is 28.6 Å². The Morgan fingerprint density at radius 2 is 1.64 bits per heavy atom. The highest BCUT2D eigenvalue weighted by Crippen LogP contribution is 2.98. The first-order valence-electron chi connectivity index (χ1n) is 15.2. The summed E-state index contributed by atoms with van der Waals surface area (Å²) in [5.74, 6) is -2.36. The van der Waals surface area contributed by atoms with Gasteiger partial charge in [-0.25, -0.2) is 4.79 Å². The SMILES string of the molecule is CC(=O)O[C@@]12CO[C@@H]1C[C@H](OP(P(P)P)P(P)P)[C@@]1(C)[C@H](O)[C@H](C)C3=C(C)C(O)CC([C@@H](OC(=O)c4ccccc4)[C@H]21)C3(C)C. The average molecular weight is 753 g/mol. The van der Waals surface area contributed by atoms with Gasteiger partial charge >= 0.3 is 11.9 Å². The average Bonchev–Trinajstić information content (AvgIpc) is 2.95. The fourth-order valence-corrected chi connectivity index (χ4v) is 41.9. The van der Waals surface area contributed by atoms with E-state index in [1.54, 1.807) is 24.3 Å². The van der Waals surface area contributed by atoms with Crippen molar-refractivity contribution in [1.82, 2.24) is 0 Å². The lowest BCUT2D eigenvalue weighted by Gasteiger charge is -2.68. The van der Waals surface area contributed by atoms with Gasteiger partial charge in [0.2, 0.25) is 0 Å². The fourth-order valence-electron chi connectivity index (χ4n) is 8.96. The van der Waals surface area contributed by atoms with E-state index in [4.69, 9.17) is 18.7 Å². The number of hydrogen-bond acceptors (Lipinski definition) is 8. The third-order valence-electron chi connectivity index (χ3n) is 10.9. The lowest BCUT2D eigenvalue weighted by atomic mass is 9.44. The first-order valence-corrected chi connectivity index (χ1v) is 27.0. The quantitative estimate of drug-likeness (QED) is 0.168. The molecule has 4 aliphatic rings. The largest absolute Gasteiger partial charge is 0.458 e. The van der Waals surface area contributed by atoms with Gasteiger partial charge in [0.15, 0.2) is 5.60 Å². The number of carbonyl (C=O) groups excluding carboxylic acids is 2. The van der Waals surface area contributed by atoms with E-state index in [9.17, 15) is 19.8 Å². The number of rotatable bonds is 7. The molecule has 0 amide bonds. The highest BCUT2D eigenvalue weighted by molar-refractivity contribution is 8.96. The van der Waals surface area contributed by atoms with Gasteiger partial charge in [0, 0.05) is 30.6 Å². The molecule has 14 atom stereocenters. The van der Waals surface area contributed by atoms with Crippen molar-refractivity contribution in [1.29, 1.82) is 0 Å². The number of fused-ring (bicyclic) bond motifs is 5. The van der Waals surface area contributed by atoms with Crippen molar-refractivity contribution in [2.24, 2.45) is 28.6 Å². The Hall–Kier alpha value is 0.750. The highest BCUT2D eigenvalue weighted by atomic mass is 33.0. The second-order valence-electron chi connectivity index (χ2n) is 13.7. The van der Waals surface area contributed by atoms with Crippen LogP contribution in [0.2, 0.25) is 0 Å². The van der Waals surface area contributed by atoms with E-state index in [-0.39, 0.29) is 18.4 Å². The van der Waals surface area contributed by atoms with Crippen LogP contribution in [0.1, 0.15) is 64.7 Å². The molecule has 2 N–H and O–H groups in total. The summed E-state index contributed by atoms with van der Waals surface area (Å²) in [6, 6.07) is 8.86. The van der Waals surface area contributed by atoms with Gasteiger partial charge in [-0.3, -0.25) is 4.79 Å². The Morgan fingerprint density at radius 3 is 2.18 bits per heavy atom. The van der Waals surface area contributed by atoms with Gasteiger partial charge in [-0.2, -0.15) is 0 Å². The zero-order valence-corrected chi connectivity index (χ0v) is 33.9. The second-order valence-corrected chi connectivity index (χ2v) is 37.3. The molecular weight excluding hydrogens is 705 g/mol. The molecule has 2 saturated carbocycles. The van der Waals surface area contributed by atoms with Crippen LogP contribution in [0.3, 0.4) is 0 Å². The number of aliphatic hydroxyl groups excluding tert-OH is 2. The van der Waals surface area contributed by atoms with Crippen LogP contribution in [-0.2, 0) is 23.5 Å². The van der Waals surface area contributed by atoms with E-state index in [1.807, 2.05) is 26.8 Å². The van der Waals surface area contributed by atoms with Crippen LogP contribution in [0.25, 0.3) is 0 Å². The lowest BCUT2D eigenvalue weighted by molar-refractivity contribution is -0.349. The van der Waals surface area contributed by atoms with Gasteiger partial charge < -0.3 is 28.9 Å². The van der Waals surface area contributed by atoms with Crippen molar-refractivity contribution in [3.63, 3.8) is 0 Å². The molecule has 8 nitrogen and oxygen atoms in total. The number of ether oxygens (including phenoxy) is 3. The van der Waals surface area contributed by atoms with E-state index in [0.717, 1.165) is 11.1 Å². The predicted molar refractivity (Wildman–Crippen MR) is 196 cm³/mol. The number of benzene rings is 1. The molecular formula is C30H47O8P7. The topological polar surface area (TPSA) is 112 Å². The molecule has 0 spiro atoms. The molecule has 1 aliphatic heterocycles. The molecule has 3 aliphatic carbocycles. The summed E-state index contributed by atoms with van der Waals surface area (Å²) in [4.78, 5) is 26.9. The van der Waals surface area contributed by atoms with Crippen molar-refractivity contribution in [3.8, 4) is 0 Å². The Bertz CT molecular complexity index is 1320. The lowest BCUT2D eigenvalue weighted by Crippen LogP contribution is -2.79. The van der Waals surface area contributed by atoms with E-state index < -0.39 is 86.3 Å². The van der Waals surface area contributed by atoms with E-state index in [0.29, 0.717) is 18.4 Å². The molecule has 0 radical (unpaired) electrons. The van der Waals surface area contributed by atoms with Crippen LogP contribution >= 0.6 is 57.2 Å². The minimum Gasteiger partial charge on any atom is -0.458 e. The molecule has 15 heteroatoms. The minimum absolute atomic E-state index is 0.122. The Kier molecular flexibility index (Phi) is 11.4. The van der Waals surface area contributed by atoms with Crippen molar-refractivity contribution in [3.05, 3.63) is 47.0 Å². The molecule has 1 saturated heterocycles. The summed E-state index contributed by atoms with van der Waals surface area (Å²) in [5, 5.41) is 24.3. The molecule has 250 valence electrons. The monoisotopic (exact) mass is 752 g/mol. The summed E-state index contributed by atoms with van der Waals surface area (Å²) in [7, 11) is 10.7. The van der Waals surface area contributed by atoms with E-state index >= 15 is 0 Å². The zero-order valence-electron chi connectivity index (χ0n) is 26.6. The van der Waals surface area contributed by atoms with Gasteiger partial charge in [0.1, 0.15) is 12.2 Å². The summed E-state index contributed by atoms with van der Waals surface area (Å²) >= 11 is 0. The summed E-state index contributed by atoms with van der Waals surface area (Å²) in [5.41, 5.74) is -0.508. The Morgan fingerprint density at radius 1 is 1.02 bits per heavy atom. The number of esters is 2. The summed E-state index contributed by atoms with van der Waals surface area (Å²) in [6.45, 7) is 10.5. The Labute approximate surface area is 279 Å². The second kappa shape index (κ2) is 13.8. The maximum Gasteiger partial charge on any atom is 0.338 e. The molecule has 3 fully saturated rings. The van der Waals surface area contributed by atoms with Crippen LogP contribution < -0.4 is 0 Å². The van der Waals surface area contributed by atoms with Crippen molar-refractivity contribution in [2.75, 3.05) is 6.61 Å². The molecule has 1 heterocycles. The normalized spacial score (nSPS) is 39.0. The van der Waals surface area contributed by atoms with Crippen LogP contribution in [0.5, 0.6) is 0 Å². The van der Waals surface area contributed by atoms with Crippen molar-refractivity contribution >= 4 is 69.2 Å². The first kappa shape index (κ1) is 37.0. The predicted octanol–water partition coefficient (Wildman–Crippen LogP) is 7.41. The molecule has 6 unspecified atom stereocenters.